The molecule has 3 aromatic carbocycles. The van der Waals surface area contributed by atoms with Gasteiger partial charge in [0.05, 0.1) is 0 Å². The molecule has 2 heteroatoms. The number of aryl methyl sites for hydroxylation is 2. The first-order valence-corrected chi connectivity index (χ1v) is 6.85. The minimum absolute atomic E-state index is 0.315. The Balaban J connectivity index is 2.20. The molecule has 5 rings (SSSR count). The van der Waals surface area contributed by atoms with Gasteiger partial charge in [-0.3, -0.25) is 9.59 Å². The Bertz CT molecular complexity index is 980. The fraction of sp³-hybridized carbons (Fsp3) is 0.111. The highest BCUT2D eigenvalue weighted by Gasteiger charge is 2.35. The molecule has 0 fully saturated rings. The number of hydrogen-bond acceptors (Lipinski definition) is 2. The molecule has 0 saturated heterocycles. The van der Waals surface area contributed by atoms with E-state index in [0.29, 0.717) is 11.1 Å². The van der Waals surface area contributed by atoms with Crippen LogP contribution in [0.4, 0.5) is 0 Å². The number of carbonyl (C=O) groups excluding carboxylic acids is 2. The maximum absolute atomic E-state index is 12.4. The predicted molar refractivity (Wildman–Crippen MR) is 77.5 cm³/mol. The SMILES string of the molecule is O=C1C(=O)c2c3c4c(cccc4c4cccc1c24)CC3. The van der Waals surface area contributed by atoms with Crippen LogP contribution >= 0.6 is 0 Å². The van der Waals surface area contributed by atoms with Crippen molar-refractivity contribution in [1.29, 1.82) is 0 Å². The van der Waals surface area contributed by atoms with Crippen LogP contribution in [-0.4, -0.2) is 11.6 Å². The first-order chi connectivity index (χ1) is 9.77. The van der Waals surface area contributed by atoms with Crippen LogP contribution in [0.3, 0.4) is 0 Å². The summed E-state index contributed by atoms with van der Waals surface area (Å²) in [4.78, 5) is 24.6. The van der Waals surface area contributed by atoms with Crippen LogP contribution in [-0.2, 0) is 12.8 Å². The zero-order valence-electron chi connectivity index (χ0n) is 10.7. The Morgan fingerprint density at radius 2 is 1.50 bits per heavy atom. The Kier molecular flexibility index (Phi) is 1.63. The number of carbonyl (C=O) groups is 2. The maximum atomic E-state index is 12.4. The first kappa shape index (κ1) is 10.3. The summed E-state index contributed by atoms with van der Waals surface area (Å²) in [6.07, 6.45) is 1.83. The number of Topliss-reactive ketones (excluding diaryl/α,β-unsaturated/α-hetero) is 2. The maximum Gasteiger partial charge on any atom is 0.234 e. The second kappa shape index (κ2) is 3.15. The van der Waals surface area contributed by atoms with Crippen LogP contribution in [0.5, 0.6) is 0 Å². The van der Waals surface area contributed by atoms with Gasteiger partial charge in [-0.25, -0.2) is 0 Å². The zero-order chi connectivity index (χ0) is 13.4. The summed E-state index contributed by atoms with van der Waals surface area (Å²) in [6.45, 7) is 0. The molecule has 0 N–H and O–H groups in total. The minimum Gasteiger partial charge on any atom is -0.285 e. The van der Waals surface area contributed by atoms with Crippen LogP contribution in [0.25, 0.3) is 21.5 Å². The molecule has 0 bridgehead atoms. The van der Waals surface area contributed by atoms with Crippen molar-refractivity contribution in [2.24, 2.45) is 0 Å². The van der Waals surface area contributed by atoms with E-state index < -0.39 is 0 Å². The van der Waals surface area contributed by atoms with E-state index in [1.165, 1.54) is 16.3 Å². The van der Waals surface area contributed by atoms with Gasteiger partial charge >= 0.3 is 0 Å². The lowest BCUT2D eigenvalue weighted by molar-refractivity contribution is 0.0825. The van der Waals surface area contributed by atoms with E-state index >= 15 is 0 Å². The van der Waals surface area contributed by atoms with Gasteiger partial charge in [0.2, 0.25) is 11.6 Å². The van der Waals surface area contributed by atoms with Gasteiger partial charge in [-0.1, -0.05) is 36.4 Å². The molecule has 0 atom stereocenters. The van der Waals surface area contributed by atoms with Gasteiger partial charge < -0.3 is 0 Å². The Morgan fingerprint density at radius 1 is 0.750 bits per heavy atom. The molecular formula is C18H10O2. The number of fused-ring (bicyclic) bond motifs is 2. The molecule has 2 aliphatic carbocycles. The summed E-state index contributed by atoms with van der Waals surface area (Å²) in [5.41, 5.74) is 3.65. The van der Waals surface area contributed by atoms with Crippen molar-refractivity contribution < 1.29 is 9.59 Å². The summed E-state index contributed by atoms with van der Waals surface area (Å²) in [5, 5.41) is 4.30. The van der Waals surface area contributed by atoms with E-state index in [1.807, 2.05) is 12.1 Å². The molecule has 0 unspecified atom stereocenters. The summed E-state index contributed by atoms with van der Waals surface area (Å²) >= 11 is 0. The van der Waals surface area contributed by atoms with E-state index in [0.717, 1.165) is 29.2 Å². The average molecular weight is 258 g/mol. The van der Waals surface area contributed by atoms with Gasteiger partial charge in [0, 0.05) is 16.5 Å². The third-order valence-corrected chi connectivity index (χ3v) is 4.68. The van der Waals surface area contributed by atoms with E-state index in [2.05, 4.69) is 18.2 Å². The van der Waals surface area contributed by atoms with Crippen molar-refractivity contribution in [1.82, 2.24) is 0 Å². The highest BCUT2D eigenvalue weighted by Crippen LogP contribution is 2.43. The van der Waals surface area contributed by atoms with E-state index in [9.17, 15) is 9.59 Å². The lowest BCUT2D eigenvalue weighted by Gasteiger charge is -2.09. The first-order valence-electron chi connectivity index (χ1n) is 6.85. The van der Waals surface area contributed by atoms with E-state index in [4.69, 9.17) is 0 Å². The molecule has 2 nitrogen and oxygen atoms in total. The lowest BCUT2D eigenvalue weighted by atomic mass is 9.93. The summed E-state index contributed by atoms with van der Waals surface area (Å²) < 4.78 is 0. The molecular weight excluding hydrogens is 248 g/mol. The molecule has 0 amide bonds. The van der Waals surface area contributed by atoms with E-state index in [-0.39, 0.29) is 11.6 Å². The van der Waals surface area contributed by atoms with Gasteiger partial charge in [0.25, 0.3) is 0 Å². The smallest absolute Gasteiger partial charge is 0.234 e. The number of hydrogen-bond donors (Lipinski definition) is 0. The lowest BCUT2D eigenvalue weighted by Crippen LogP contribution is -2.08. The summed E-state index contributed by atoms with van der Waals surface area (Å²) in [5.74, 6) is -0.657. The minimum atomic E-state index is -0.342. The largest absolute Gasteiger partial charge is 0.285 e. The van der Waals surface area contributed by atoms with Crippen molar-refractivity contribution in [2.45, 2.75) is 12.8 Å². The molecule has 0 aliphatic heterocycles. The summed E-state index contributed by atoms with van der Waals surface area (Å²) in [6, 6.07) is 12.0. The highest BCUT2D eigenvalue weighted by atomic mass is 16.2. The van der Waals surface area contributed by atoms with Crippen molar-refractivity contribution in [2.75, 3.05) is 0 Å². The van der Waals surface area contributed by atoms with Gasteiger partial charge in [-0.2, -0.15) is 0 Å². The molecule has 0 saturated carbocycles. The Morgan fingerprint density at radius 3 is 2.35 bits per heavy atom. The Hall–Kier alpha value is -2.48. The number of ketones is 2. The quantitative estimate of drug-likeness (QED) is 0.457. The van der Waals surface area contributed by atoms with Crippen molar-refractivity contribution >= 4 is 33.1 Å². The summed E-state index contributed by atoms with van der Waals surface area (Å²) in [7, 11) is 0. The van der Waals surface area contributed by atoms with Crippen molar-refractivity contribution in [3.05, 3.63) is 58.7 Å². The third kappa shape index (κ3) is 0.955. The normalized spacial score (nSPS) is 15.8. The second-order valence-electron chi connectivity index (χ2n) is 5.58. The van der Waals surface area contributed by atoms with Crippen LogP contribution in [0.1, 0.15) is 31.8 Å². The fourth-order valence-corrected chi connectivity index (χ4v) is 3.90. The Labute approximate surface area is 115 Å². The molecule has 20 heavy (non-hydrogen) atoms. The van der Waals surface area contributed by atoms with E-state index in [1.54, 1.807) is 6.07 Å². The average Bonchev–Trinajstić information content (AvgIpc) is 3.00. The van der Waals surface area contributed by atoms with Gasteiger partial charge in [0.1, 0.15) is 0 Å². The van der Waals surface area contributed by atoms with Gasteiger partial charge in [-0.05, 0) is 40.1 Å². The molecule has 0 heterocycles. The van der Waals surface area contributed by atoms with Crippen LogP contribution in [0, 0.1) is 0 Å². The molecule has 0 spiro atoms. The molecule has 94 valence electrons. The fourth-order valence-electron chi connectivity index (χ4n) is 3.90. The second-order valence-corrected chi connectivity index (χ2v) is 5.58. The monoisotopic (exact) mass is 258 g/mol. The topological polar surface area (TPSA) is 34.1 Å². The molecule has 2 aliphatic rings. The van der Waals surface area contributed by atoms with Gasteiger partial charge in [0.15, 0.2) is 0 Å². The van der Waals surface area contributed by atoms with Crippen LogP contribution in [0.15, 0.2) is 36.4 Å². The molecule has 0 aromatic heterocycles. The molecule has 3 aromatic rings. The standard InChI is InChI=1S/C18H10O2/c19-17-13-6-2-5-11-10-4-1-3-9-7-8-12(14(9)10)16(15(11)13)18(17)20/h1-6H,7-8H2. The van der Waals surface area contributed by atoms with Crippen molar-refractivity contribution in [3.63, 3.8) is 0 Å². The number of rotatable bonds is 0. The number of benzene rings is 3. The highest BCUT2D eigenvalue weighted by molar-refractivity contribution is 6.58. The third-order valence-electron chi connectivity index (χ3n) is 4.68. The van der Waals surface area contributed by atoms with Crippen LogP contribution < -0.4 is 0 Å². The predicted octanol–water partition coefficient (Wildman–Crippen LogP) is 3.47. The van der Waals surface area contributed by atoms with Crippen molar-refractivity contribution in [3.8, 4) is 0 Å². The van der Waals surface area contributed by atoms with Crippen LogP contribution in [0.2, 0.25) is 0 Å². The molecule has 0 radical (unpaired) electrons. The van der Waals surface area contributed by atoms with Gasteiger partial charge in [-0.15, -0.1) is 0 Å². The zero-order valence-corrected chi connectivity index (χ0v) is 10.7.